The Morgan fingerprint density at radius 1 is 1.41 bits per heavy atom. The van der Waals surface area contributed by atoms with E-state index in [1.54, 1.807) is 6.92 Å². The highest BCUT2D eigenvalue weighted by Gasteiger charge is 2.19. The molecule has 0 fully saturated rings. The minimum Gasteiger partial charge on any atom is -0.468 e. The third kappa shape index (κ3) is 4.29. The molecule has 0 aliphatic rings. The Hall–Kier alpha value is -1.79. The van der Waals surface area contributed by atoms with Gasteiger partial charge in [-0.1, -0.05) is 30.3 Å². The van der Waals surface area contributed by atoms with Crippen molar-refractivity contribution in [2.75, 3.05) is 13.7 Å². The van der Waals surface area contributed by atoms with Crippen molar-refractivity contribution in [3.63, 3.8) is 0 Å². The summed E-state index contributed by atoms with van der Waals surface area (Å²) in [6.45, 7) is 2.46. The number of esters is 1. The molecule has 1 rings (SSSR count). The van der Waals surface area contributed by atoms with E-state index in [0.29, 0.717) is 6.54 Å². The molecular weight excluding hydrogens is 214 g/mol. The molecule has 0 saturated carbocycles. The van der Waals surface area contributed by atoms with Gasteiger partial charge in [0, 0.05) is 13.0 Å². The Morgan fingerprint density at radius 2 is 2.12 bits per heavy atom. The Labute approximate surface area is 102 Å². The van der Waals surface area contributed by atoms with E-state index in [-0.39, 0.29) is 5.97 Å². The zero-order valence-corrected chi connectivity index (χ0v) is 10.2. The minimum absolute atomic E-state index is 0.277. The zero-order valence-electron chi connectivity index (χ0n) is 10.2. The van der Waals surface area contributed by atoms with E-state index in [2.05, 4.69) is 17.2 Å². The number of hydrogen-bond donors (Lipinski definition) is 1. The van der Waals surface area contributed by atoms with Crippen molar-refractivity contribution in [3.8, 4) is 11.8 Å². The van der Waals surface area contributed by atoms with Crippen LogP contribution in [0.15, 0.2) is 30.3 Å². The summed E-state index contributed by atoms with van der Waals surface area (Å²) in [6, 6.07) is 9.11. The van der Waals surface area contributed by atoms with E-state index in [4.69, 9.17) is 4.74 Å². The highest BCUT2D eigenvalue weighted by molar-refractivity contribution is 5.77. The number of hydrogen-bond acceptors (Lipinski definition) is 3. The predicted molar refractivity (Wildman–Crippen MR) is 67.3 cm³/mol. The Bertz CT molecular complexity index is 403. The van der Waals surface area contributed by atoms with Gasteiger partial charge in [-0.05, 0) is 12.5 Å². The van der Waals surface area contributed by atoms with Crippen molar-refractivity contribution in [1.82, 2.24) is 5.32 Å². The van der Waals surface area contributed by atoms with Gasteiger partial charge in [0.05, 0.1) is 7.11 Å². The minimum atomic E-state index is -0.417. The first-order valence-electron chi connectivity index (χ1n) is 5.55. The van der Waals surface area contributed by atoms with Crippen LogP contribution in [-0.4, -0.2) is 19.6 Å². The van der Waals surface area contributed by atoms with Crippen molar-refractivity contribution in [3.05, 3.63) is 35.9 Å². The van der Waals surface area contributed by atoms with Crippen LogP contribution < -0.4 is 5.32 Å². The van der Waals surface area contributed by atoms with Crippen LogP contribution >= 0.6 is 0 Å². The summed E-state index contributed by atoms with van der Waals surface area (Å²) >= 11 is 0. The van der Waals surface area contributed by atoms with Gasteiger partial charge >= 0.3 is 5.97 Å². The Morgan fingerprint density at radius 3 is 2.71 bits per heavy atom. The summed E-state index contributed by atoms with van der Waals surface area (Å²) < 4.78 is 4.79. The lowest BCUT2D eigenvalue weighted by molar-refractivity contribution is -0.143. The third-order valence-electron chi connectivity index (χ3n) is 2.35. The van der Waals surface area contributed by atoms with Gasteiger partial charge in [-0.25, -0.2) is 4.79 Å². The highest BCUT2D eigenvalue weighted by Crippen LogP contribution is 2.13. The fraction of sp³-hybridized carbons (Fsp3) is 0.357. The van der Waals surface area contributed by atoms with E-state index in [9.17, 15) is 4.79 Å². The summed E-state index contributed by atoms with van der Waals surface area (Å²) in [4.78, 5) is 11.7. The maximum atomic E-state index is 11.7. The monoisotopic (exact) mass is 231 g/mol. The molecule has 1 unspecified atom stereocenters. The summed E-state index contributed by atoms with van der Waals surface area (Å²) in [5.74, 6) is 5.49. The van der Waals surface area contributed by atoms with E-state index in [1.807, 2.05) is 30.3 Å². The fourth-order valence-corrected chi connectivity index (χ4v) is 1.50. The molecule has 0 aliphatic heterocycles. The molecule has 17 heavy (non-hydrogen) atoms. The van der Waals surface area contributed by atoms with E-state index >= 15 is 0 Å². The standard InChI is InChI=1S/C14H17NO2/c1-3-4-8-11-15-13(14(16)17-2)12-9-6-5-7-10-12/h5-7,9-10,13,15H,8,11H2,1-2H3. The maximum Gasteiger partial charge on any atom is 0.327 e. The molecule has 3 heteroatoms. The van der Waals surface area contributed by atoms with Crippen LogP contribution in [0.2, 0.25) is 0 Å². The second-order valence-electron chi connectivity index (χ2n) is 3.50. The van der Waals surface area contributed by atoms with Crippen LogP contribution in [0.4, 0.5) is 0 Å². The lowest BCUT2D eigenvalue weighted by atomic mass is 10.1. The lowest BCUT2D eigenvalue weighted by Crippen LogP contribution is -2.30. The SMILES string of the molecule is CC#CCCNC(C(=O)OC)c1ccccc1. The number of nitrogens with one attached hydrogen (secondary N) is 1. The van der Waals surface area contributed by atoms with Crippen LogP contribution in [-0.2, 0) is 9.53 Å². The average Bonchev–Trinajstić information content (AvgIpc) is 2.39. The average molecular weight is 231 g/mol. The van der Waals surface area contributed by atoms with Gasteiger partial charge in [-0.2, -0.15) is 0 Å². The molecule has 0 radical (unpaired) electrons. The molecule has 1 aromatic rings. The zero-order chi connectivity index (χ0) is 12.5. The van der Waals surface area contributed by atoms with Gasteiger partial charge in [0.2, 0.25) is 0 Å². The largest absolute Gasteiger partial charge is 0.468 e. The van der Waals surface area contributed by atoms with Crippen LogP contribution in [0.5, 0.6) is 0 Å². The molecule has 0 bridgehead atoms. The molecule has 1 aromatic carbocycles. The van der Waals surface area contributed by atoms with Crippen LogP contribution in [0.25, 0.3) is 0 Å². The van der Waals surface area contributed by atoms with Crippen molar-refractivity contribution in [2.45, 2.75) is 19.4 Å². The molecular formula is C14H17NO2. The maximum absolute atomic E-state index is 11.7. The second kappa shape index (κ2) is 7.48. The molecule has 1 N–H and O–H groups in total. The van der Waals surface area contributed by atoms with Crippen molar-refractivity contribution in [2.24, 2.45) is 0 Å². The van der Waals surface area contributed by atoms with Gasteiger partial charge < -0.3 is 4.74 Å². The summed E-state index contributed by atoms with van der Waals surface area (Å²) in [5.41, 5.74) is 0.906. The quantitative estimate of drug-likeness (QED) is 0.478. The molecule has 1 atom stereocenters. The van der Waals surface area contributed by atoms with Crippen molar-refractivity contribution < 1.29 is 9.53 Å². The number of rotatable bonds is 5. The Kier molecular flexibility index (Phi) is 5.84. The highest BCUT2D eigenvalue weighted by atomic mass is 16.5. The van der Waals surface area contributed by atoms with Crippen LogP contribution in [0.1, 0.15) is 24.9 Å². The molecule has 0 saturated heterocycles. The van der Waals surface area contributed by atoms with Gasteiger partial charge in [-0.3, -0.25) is 5.32 Å². The Balaban J connectivity index is 2.67. The van der Waals surface area contributed by atoms with E-state index in [0.717, 1.165) is 12.0 Å². The first-order valence-corrected chi connectivity index (χ1v) is 5.55. The van der Waals surface area contributed by atoms with Crippen LogP contribution in [0, 0.1) is 11.8 Å². The molecule has 90 valence electrons. The fourth-order valence-electron chi connectivity index (χ4n) is 1.50. The molecule has 0 amide bonds. The summed E-state index contributed by atoms with van der Waals surface area (Å²) in [5, 5.41) is 3.14. The van der Waals surface area contributed by atoms with Gasteiger partial charge in [0.1, 0.15) is 6.04 Å². The molecule has 3 nitrogen and oxygen atoms in total. The number of ether oxygens (including phenoxy) is 1. The molecule has 0 heterocycles. The topological polar surface area (TPSA) is 38.3 Å². The molecule has 0 spiro atoms. The molecule has 0 aromatic heterocycles. The number of methoxy groups -OCH3 is 1. The second-order valence-corrected chi connectivity index (χ2v) is 3.50. The first kappa shape index (κ1) is 13.3. The van der Waals surface area contributed by atoms with Crippen molar-refractivity contribution in [1.29, 1.82) is 0 Å². The van der Waals surface area contributed by atoms with Gasteiger partial charge in [0.25, 0.3) is 0 Å². The number of carbonyl (C=O) groups excluding carboxylic acids is 1. The lowest BCUT2D eigenvalue weighted by Gasteiger charge is -2.15. The van der Waals surface area contributed by atoms with E-state index in [1.165, 1.54) is 7.11 Å². The smallest absolute Gasteiger partial charge is 0.327 e. The van der Waals surface area contributed by atoms with Crippen molar-refractivity contribution >= 4 is 5.97 Å². The van der Waals surface area contributed by atoms with Gasteiger partial charge in [0.15, 0.2) is 0 Å². The predicted octanol–water partition coefficient (Wildman–Crippen LogP) is 1.90. The van der Waals surface area contributed by atoms with E-state index < -0.39 is 6.04 Å². The number of carbonyl (C=O) groups is 1. The summed E-state index contributed by atoms with van der Waals surface area (Å²) in [6.07, 6.45) is 0.719. The molecule has 0 aliphatic carbocycles. The van der Waals surface area contributed by atoms with Crippen LogP contribution in [0.3, 0.4) is 0 Å². The first-order chi connectivity index (χ1) is 8.29. The summed E-state index contributed by atoms with van der Waals surface area (Å²) in [7, 11) is 1.39. The third-order valence-corrected chi connectivity index (χ3v) is 2.35. The van der Waals surface area contributed by atoms with Gasteiger partial charge in [-0.15, -0.1) is 11.8 Å². The number of benzene rings is 1. The normalized spacial score (nSPS) is 11.2.